The summed E-state index contributed by atoms with van der Waals surface area (Å²) in [5, 5.41) is 0.736. The summed E-state index contributed by atoms with van der Waals surface area (Å²) in [4.78, 5) is 25.6. The minimum atomic E-state index is -0.964. The Balaban J connectivity index is 2.95. The van der Waals surface area contributed by atoms with Crippen LogP contribution in [0.15, 0.2) is 12.2 Å². The predicted molar refractivity (Wildman–Crippen MR) is 97.8 cm³/mol. The van der Waals surface area contributed by atoms with Crippen molar-refractivity contribution >= 4 is 27.7 Å². The van der Waals surface area contributed by atoms with Gasteiger partial charge in [-0.05, 0) is 26.2 Å². The van der Waals surface area contributed by atoms with Gasteiger partial charge in [-0.3, -0.25) is 9.59 Å². The molecule has 1 aliphatic rings. The Kier molecular flexibility index (Phi) is 10.5. The van der Waals surface area contributed by atoms with Crippen molar-refractivity contribution in [3.63, 3.8) is 0 Å². The second-order valence-electron chi connectivity index (χ2n) is 6.38. The zero-order valence-electron chi connectivity index (χ0n) is 14.4. The summed E-state index contributed by atoms with van der Waals surface area (Å²) in [6.45, 7) is 2.13. The monoisotopic (exact) mass is 386 g/mol. The molecule has 132 valence electrons. The maximum absolute atomic E-state index is 12.9. The minimum Gasteiger partial charge on any atom is -0.465 e. The molecule has 0 spiro atoms. The molecule has 0 bridgehead atoms. The van der Waals surface area contributed by atoms with E-state index in [1.165, 1.54) is 25.7 Å². The van der Waals surface area contributed by atoms with Crippen molar-refractivity contribution in [3.8, 4) is 0 Å². The summed E-state index contributed by atoms with van der Waals surface area (Å²) in [6.07, 6.45) is 14.4. The largest absolute Gasteiger partial charge is 0.465 e. The molecule has 0 radical (unpaired) electrons. The van der Waals surface area contributed by atoms with Crippen molar-refractivity contribution in [2.24, 2.45) is 5.41 Å². The molecule has 1 fully saturated rings. The third kappa shape index (κ3) is 6.78. The Morgan fingerprint density at radius 1 is 1.09 bits per heavy atom. The lowest BCUT2D eigenvalue weighted by molar-refractivity contribution is -0.160. The quantitative estimate of drug-likeness (QED) is 0.276. The molecule has 0 N–H and O–H groups in total. The molecule has 1 saturated carbocycles. The zero-order chi connectivity index (χ0) is 17.0. The number of carbonyl (C=O) groups is 2. The fourth-order valence-corrected chi connectivity index (χ4v) is 3.55. The first kappa shape index (κ1) is 20.4. The van der Waals surface area contributed by atoms with Crippen LogP contribution >= 0.6 is 15.9 Å². The maximum Gasteiger partial charge on any atom is 0.319 e. The molecule has 1 atom stereocenters. The van der Waals surface area contributed by atoms with Gasteiger partial charge in [0.05, 0.1) is 6.61 Å². The average molecular weight is 387 g/mol. The molecular weight excluding hydrogens is 356 g/mol. The van der Waals surface area contributed by atoms with E-state index in [1.54, 1.807) is 6.92 Å². The molecule has 0 aliphatic heterocycles. The second-order valence-corrected chi connectivity index (χ2v) is 7.03. The summed E-state index contributed by atoms with van der Waals surface area (Å²) in [5.41, 5.74) is -0.964. The van der Waals surface area contributed by atoms with Crippen LogP contribution in [0.4, 0.5) is 0 Å². The number of allylic oxidation sites excluding steroid dienone is 2. The first-order chi connectivity index (χ1) is 11.2. The standard InChI is InChI=1S/C19H31BrO3/c1-2-23-18(22)19(15-11-12-16-20)14-10-8-6-4-3-5-7-9-13-17(19)21/h11-12H,2-10,13-16H2,1H3/b12-11+. The Hall–Kier alpha value is -0.640. The molecule has 3 nitrogen and oxygen atoms in total. The van der Waals surface area contributed by atoms with Crippen molar-refractivity contribution in [2.75, 3.05) is 11.9 Å². The average Bonchev–Trinajstić information content (AvgIpc) is 2.53. The van der Waals surface area contributed by atoms with Crippen LogP contribution in [0, 0.1) is 5.41 Å². The van der Waals surface area contributed by atoms with Gasteiger partial charge in [-0.1, -0.05) is 73.0 Å². The second kappa shape index (κ2) is 11.8. The molecular formula is C19H31BrO3. The van der Waals surface area contributed by atoms with Gasteiger partial charge in [-0.15, -0.1) is 0 Å². The van der Waals surface area contributed by atoms with E-state index in [1.807, 2.05) is 12.2 Å². The predicted octanol–water partition coefficient (Wildman–Crippen LogP) is 5.36. The summed E-state index contributed by atoms with van der Waals surface area (Å²) < 4.78 is 5.30. The number of Topliss-reactive ketones (excluding diaryl/α,β-unsaturated/α-hetero) is 1. The van der Waals surface area contributed by atoms with E-state index < -0.39 is 5.41 Å². The van der Waals surface area contributed by atoms with Crippen LogP contribution < -0.4 is 0 Å². The number of hydrogen-bond acceptors (Lipinski definition) is 3. The number of esters is 1. The van der Waals surface area contributed by atoms with Crippen LogP contribution in [0.1, 0.15) is 77.6 Å². The highest BCUT2D eigenvalue weighted by molar-refractivity contribution is 9.09. The number of alkyl halides is 1. The highest BCUT2D eigenvalue weighted by Gasteiger charge is 2.44. The van der Waals surface area contributed by atoms with Crippen molar-refractivity contribution < 1.29 is 14.3 Å². The van der Waals surface area contributed by atoms with Gasteiger partial charge >= 0.3 is 5.97 Å². The molecule has 0 heterocycles. The summed E-state index contributed by atoms with van der Waals surface area (Å²) in [6, 6.07) is 0. The lowest BCUT2D eigenvalue weighted by Gasteiger charge is -2.29. The van der Waals surface area contributed by atoms with Crippen LogP contribution in [-0.2, 0) is 14.3 Å². The zero-order valence-corrected chi connectivity index (χ0v) is 16.0. The molecule has 4 heteroatoms. The first-order valence-electron chi connectivity index (χ1n) is 9.09. The summed E-state index contributed by atoms with van der Waals surface area (Å²) >= 11 is 3.36. The highest BCUT2D eigenvalue weighted by Crippen LogP contribution is 2.35. The van der Waals surface area contributed by atoms with E-state index in [0.29, 0.717) is 25.9 Å². The lowest BCUT2D eigenvalue weighted by Crippen LogP contribution is -2.40. The first-order valence-corrected chi connectivity index (χ1v) is 10.2. The van der Waals surface area contributed by atoms with Gasteiger partial charge in [0, 0.05) is 11.8 Å². The smallest absolute Gasteiger partial charge is 0.319 e. The van der Waals surface area contributed by atoms with Gasteiger partial charge in [0.25, 0.3) is 0 Å². The SMILES string of the molecule is CCOC(=O)C1(C/C=C/CBr)CCCCCCCCCCC1=O. The molecule has 23 heavy (non-hydrogen) atoms. The van der Waals surface area contributed by atoms with E-state index in [0.717, 1.165) is 31.0 Å². The Morgan fingerprint density at radius 2 is 1.70 bits per heavy atom. The van der Waals surface area contributed by atoms with Gasteiger partial charge in [-0.2, -0.15) is 0 Å². The molecule has 1 aliphatic carbocycles. The molecule has 0 amide bonds. The maximum atomic E-state index is 12.9. The number of halogens is 1. The molecule has 1 unspecified atom stereocenters. The van der Waals surface area contributed by atoms with Gasteiger partial charge in [0.15, 0.2) is 0 Å². The van der Waals surface area contributed by atoms with E-state index in [-0.39, 0.29) is 11.8 Å². The fraction of sp³-hybridized carbons (Fsp3) is 0.789. The van der Waals surface area contributed by atoms with Gasteiger partial charge < -0.3 is 4.74 Å². The van der Waals surface area contributed by atoms with Crippen molar-refractivity contribution in [3.05, 3.63) is 12.2 Å². The Labute approximate surface area is 149 Å². The van der Waals surface area contributed by atoms with Crippen molar-refractivity contribution in [2.45, 2.75) is 77.6 Å². The van der Waals surface area contributed by atoms with E-state index in [2.05, 4.69) is 15.9 Å². The van der Waals surface area contributed by atoms with Crippen LogP contribution in [0.3, 0.4) is 0 Å². The molecule has 0 aromatic carbocycles. The normalized spacial score (nSPS) is 24.9. The minimum absolute atomic E-state index is 0.0794. The number of carbonyl (C=O) groups excluding carboxylic acids is 2. The number of hydrogen-bond donors (Lipinski definition) is 0. The van der Waals surface area contributed by atoms with Crippen LogP contribution in [-0.4, -0.2) is 23.7 Å². The number of ketones is 1. The van der Waals surface area contributed by atoms with Gasteiger partial charge in [0.1, 0.15) is 11.2 Å². The highest BCUT2D eigenvalue weighted by atomic mass is 79.9. The number of rotatable bonds is 5. The molecule has 0 aromatic rings. The molecule has 0 saturated heterocycles. The summed E-state index contributed by atoms with van der Waals surface area (Å²) in [7, 11) is 0. The topological polar surface area (TPSA) is 43.4 Å². The van der Waals surface area contributed by atoms with E-state index in [9.17, 15) is 9.59 Å². The lowest BCUT2D eigenvalue weighted by atomic mass is 9.73. The fourth-order valence-electron chi connectivity index (χ4n) is 3.28. The van der Waals surface area contributed by atoms with E-state index in [4.69, 9.17) is 4.74 Å². The third-order valence-corrected chi connectivity index (χ3v) is 5.05. The van der Waals surface area contributed by atoms with Crippen LogP contribution in [0.25, 0.3) is 0 Å². The molecule has 0 aromatic heterocycles. The number of ether oxygens (including phenoxy) is 1. The van der Waals surface area contributed by atoms with Crippen molar-refractivity contribution in [1.82, 2.24) is 0 Å². The van der Waals surface area contributed by atoms with Gasteiger partial charge in [0.2, 0.25) is 0 Å². The third-order valence-electron chi connectivity index (χ3n) is 4.68. The van der Waals surface area contributed by atoms with Gasteiger partial charge in [-0.25, -0.2) is 0 Å². The van der Waals surface area contributed by atoms with E-state index >= 15 is 0 Å². The Bertz CT molecular complexity index is 392. The van der Waals surface area contributed by atoms with Crippen molar-refractivity contribution in [1.29, 1.82) is 0 Å². The van der Waals surface area contributed by atoms with Crippen LogP contribution in [0.5, 0.6) is 0 Å². The van der Waals surface area contributed by atoms with Crippen LogP contribution in [0.2, 0.25) is 0 Å². The summed E-state index contributed by atoms with van der Waals surface area (Å²) in [5.74, 6) is -0.239. The Morgan fingerprint density at radius 3 is 2.30 bits per heavy atom. The molecule has 1 rings (SSSR count).